The molecule has 0 N–H and O–H groups in total. The van der Waals surface area contributed by atoms with Gasteiger partial charge in [-0.05, 0) is 23.3 Å². The molecule has 1 heteroatoms. The van der Waals surface area contributed by atoms with E-state index in [1.807, 2.05) is 19.1 Å². The van der Waals surface area contributed by atoms with Crippen molar-refractivity contribution in [3.8, 4) is 0 Å². The first-order chi connectivity index (χ1) is 7.27. The van der Waals surface area contributed by atoms with Crippen molar-refractivity contribution in [1.82, 2.24) is 0 Å². The highest BCUT2D eigenvalue weighted by molar-refractivity contribution is 5.85. The third-order valence-electron chi connectivity index (χ3n) is 2.35. The van der Waals surface area contributed by atoms with E-state index in [0.29, 0.717) is 6.61 Å². The molecule has 0 heterocycles. The van der Waals surface area contributed by atoms with E-state index in [1.54, 1.807) is 0 Å². The van der Waals surface area contributed by atoms with Crippen molar-refractivity contribution in [3.63, 3.8) is 0 Å². The van der Waals surface area contributed by atoms with Crippen LogP contribution in [0.3, 0.4) is 0 Å². The molecule has 1 nitrogen and oxygen atoms in total. The van der Waals surface area contributed by atoms with Crippen LogP contribution in [-0.4, -0.2) is 0 Å². The average molecular weight is 198 g/mol. The van der Waals surface area contributed by atoms with Gasteiger partial charge in [0.1, 0.15) is 6.61 Å². The van der Waals surface area contributed by atoms with Gasteiger partial charge in [0.15, 0.2) is 0 Å². The summed E-state index contributed by atoms with van der Waals surface area (Å²) in [7, 11) is 0. The van der Waals surface area contributed by atoms with Crippen molar-refractivity contribution < 1.29 is 4.74 Å². The van der Waals surface area contributed by atoms with Gasteiger partial charge < -0.3 is 4.74 Å². The van der Waals surface area contributed by atoms with E-state index in [1.165, 1.54) is 16.3 Å². The van der Waals surface area contributed by atoms with E-state index in [0.717, 1.165) is 5.76 Å². The average Bonchev–Trinajstić information content (AvgIpc) is 2.26. The zero-order valence-corrected chi connectivity index (χ0v) is 8.86. The topological polar surface area (TPSA) is 9.23 Å². The Morgan fingerprint density at radius 2 is 1.87 bits per heavy atom. The number of allylic oxidation sites excluding steroid dienone is 1. The van der Waals surface area contributed by atoms with Gasteiger partial charge in [0.2, 0.25) is 0 Å². The molecule has 0 aliphatic carbocycles. The minimum atomic E-state index is 0.594. The van der Waals surface area contributed by atoms with Gasteiger partial charge in [-0.3, -0.25) is 0 Å². The maximum Gasteiger partial charge on any atom is 0.113 e. The zero-order chi connectivity index (χ0) is 10.7. The van der Waals surface area contributed by atoms with Crippen LogP contribution >= 0.6 is 0 Å². The van der Waals surface area contributed by atoms with E-state index in [2.05, 4.69) is 36.9 Å². The smallest absolute Gasteiger partial charge is 0.113 e. The van der Waals surface area contributed by atoms with Gasteiger partial charge in [0.05, 0.1) is 5.76 Å². The van der Waals surface area contributed by atoms with Crippen LogP contribution in [-0.2, 0) is 11.3 Å². The van der Waals surface area contributed by atoms with Crippen molar-refractivity contribution in [2.24, 2.45) is 0 Å². The summed E-state index contributed by atoms with van der Waals surface area (Å²) in [6.07, 6.45) is 0. The fraction of sp³-hybridized carbons (Fsp3) is 0.143. The van der Waals surface area contributed by atoms with Crippen LogP contribution in [0.5, 0.6) is 0 Å². The van der Waals surface area contributed by atoms with E-state index in [4.69, 9.17) is 4.74 Å². The van der Waals surface area contributed by atoms with Crippen LogP contribution in [0.1, 0.15) is 12.5 Å². The first-order valence-electron chi connectivity index (χ1n) is 5.02. The zero-order valence-electron chi connectivity index (χ0n) is 8.86. The van der Waals surface area contributed by atoms with Gasteiger partial charge in [-0.15, -0.1) is 0 Å². The third-order valence-corrected chi connectivity index (χ3v) is 2.35. The number of rotatable bonds is 3. The second-order valence-corrected chi connectivity index (χ2v) is 3.63. The Bertz CT molecular complexity index is 480. The molecule has 0 aliphatic rings. The molecule has 0 fully saturated rings. The van der Waals surface area contributed by atoms with Crippen molar-refractivity contribution in [2.75, 3.05) is 0 Å². The Morgan fingerprint density at radius 3 is 2.67 bits per heavy atom. The first-order valence-corrected chi connectivity index (χ1v) is 5.02. The normalized spacial score (nSPS) is 10.2. The van der Waals surface area contributed by atoms with Crippen LogP contribution in [0.25, 0.3) is 10.8 Å². The molecule has 0 aromatic heterocycles. The number of fused-ring (bicyclic) bond motifs is 1. The molecule has 0 bridgehead atoms. The molecule has 15 heavy (non-hydrogen) atoms. The molecule has 2 aromatic rings. The highest BCUT2D eigenvalue weighted by Gasteiger charge is 1.99. The lowest BCUT2D eigenvalue weighted by Gasteiger charge is -2.08. The summed E-state index contributed by atoms with van der Waals surface area (Å²) in [5.74, 6) is 0.753. The quantitative estimate of drug-likeness (QED) is 0.680. The fourth-order valence-electron chi connectivity index (χ4n) is 1.62. The van der Waals surface area contributed by atoms with Gasteiger partial charge in [-0.1, -0.05) is 49.0 Å². The summed E-state index contributed by atoms with van der Waals surface area (Å²) in [4.78, 5) is 0. The number of ether oxygens (including phenoxy) is 1. The second-order valence-electron chi connectivity index (χ2n) is 3.63. The summed E-state index contributed by atoms with van der Waals surface area (Å²) >= 11 is 0. The predicted octanol–water partition coefficient (Wildman–Crippen LogP) is 3.89. The Kier molecular flexibility index (Phi) is 2.72. The molecular formula is C14H14O. The van der Waals surface area contributed by atoms with E-state index >= 15 is 0 Å². The SMILES string of the molecule is C=C(C)OCc1cccc2ccccc12. The predicted molar refractivity (Wildman–Crippen MR) is 63.6 cm³/mol. The highest BCUT2D eigenvalue weighted by Crippen LogP contribution is 2.19. The van der Waals surface area contributed by atoms with Crippen molar-refractivity contribution in [1.29, 1.82) is 0 Å². The summed E-state index contributed by atoms with van der Waals surface area (Å²) in [5.41, 5.74) is 1.20. The maximum atomic E-state index is 5.44. The van der Waals surface area contributed by atoms with Gasteiger partial charge in [0, 0.05) is 0 Å². The van der Waals surface area contributed by atoms with E-state index in [-0.39, 0.29) is 0 Å². The summed E-state index contributed by atoms with van der Waals surface area (Å²) in [6.45, 7) is 6.19. The Balaban J connectivity index is 2.38. The summed E-state index contributed by atoms with van der Waals surface area (Å²) < 4.78 is 5.44. The van der Waals surface area contributed by atoms with Gasteiger partial charge >= 0.3 is 0 Å². The molecule has 0 saturated carbocycles. The van der Waals surface area contributed by atoms with Crippen LogP contribution < -0.4 is 0 Å². The molecular weight excluding hydrogens is 184 g/mol. The summed E-state index contributed by atoms with van der Waals surface area (Å²) in [5, 5.41) is 2.50. The van der Waals surface area contributed by atoms with Crippen molar-refractivity contribution in [3.05, 3.63) is 60.4 Å². The number of hydrogen-bond acceptors (Lipinski definition) is 1. The fourth-order valence-corrected chi connectivity index (χ4v) is 1.62. The molecule has 0 spiro atoms. The monoisotopic (exact) mass is 198 g/mol. The number of benzene rings is 2. The molecule has 0 atom stereocenters. The molecule has 2 rings (SSSR count). The van der Waals surface area contributed by atoms with Gasteiger partial charge in [-0.25, -0.2) is 0 Å². The van der Waals surface area contributed by atoms with Crippen LogP contribution in [0.4, 0.5) is 0 Å². The van der Waals surface area contributed by atoms with Crippen molar-refractivity contribution in [2.45, 2.75) is 13.5 Å². The van der Waals surface area contributed by atoms with E-state index < -0.39 is 0 Å². The Hall–Kier alpha value is -1.76. The highest BCUT2D eigenvalue weighted by atomic mass is 16.5. The molecule has 0 unspecified atom stereocenters. The first kappa shape index (κ1) is 9.78. The Morgan fingerprint density at radius 1 is 1.13 bits per heavy atom. The maximum absolute atomic E-state index is 5.44. The molecule has 0 aliphatic heterocycles. The second kappa shape index (κ2) is 4.18. The van der Waals surface area contributed by atoms with Crippen LogP contribution in [0.2, 0.25) is 0 Å². The minimum Gasteiger partial charge on any atom is -0.494 e. The van der Waals surface area contributed by atoms with E-state index in [9.17, 15) is 0 Å². The van der Waals surface area contributed by atoms with Gasteiger partial charge in [-0.2, -0.15) is 0 Å². The van der Waals surface area contributed by atoms with Crippen LogP contribution in [0, 0.1) is 0 Å². The molecule has 2 aromatic carbocycles. The van der Waals surface area contributed by atoms with Crippen LogP contribution in [0.15, 0.2) is 54.8 Å². The lowest BCUT2D eigenvalue weighted by Crippen LogP contribution is -1.91. The minimum absolute atomic E-state index is 0.594. The number of hydrogen-bond donors (Lipinski definition) is 0. The standard InChI is InChI=1S/C14H14O/c1-11(2)15-10-13-8-5-7-12-6-3-4-9-14(12)13/h3-9H,1,10H2,2H3. The third kappa shape index (κ3) is 2.18. The van der Waals surface area contributed by atoms with Gasteiger partial charge in [0.25, 0.3) is 0 Å². The lowest BCUT2D eigenvalue weighted by molar-refractivity contribution is 0.203. The molecule has 0 saturated heterocycles. The molecule has 76 valence electrons. The summed E-state index contributed by atoms with van der Waals surface area (Å²) in [6, 6.07) is 14.6. The molecule has 0 amide bonds. The van der Waals surface area contributed by atoms with Crippen molar-refractivity contribution >= 4 is 10.8 Å². The largest absolute Gasteiger partial charge is 0.494 e. The lowest BCUT2D eigenvalue weighted by atomic mass is 10.1. The Labute approximate surface area is 90.0 Å². The molecule has 0 radical (unpaired) electrons.